The molecule has 1 amide bonds. The molecule has 154 valence electrons. The first-order valence-electron chi connectivity index (χ1n) is 8.66. The van der Waals surface area contributed by atoms with Gasteiger partial charge in [-0.25, -0.2) is 8.42 Å². The first-order valence-corrected chi connectivity index (χ1v) is 10.5. The highest BCUT2D eigenvalue weighted by Crippen LogP contribution is 2.34. The van der Waals surface area contributed by atoms with Gasteiger partial charge in [-0.1, -0.05) is 6.07 Å². The maximum atomic E-state index is 12.2. The van der Waals surface area contributed by atoms with Crippen LogP contribution in [0.15, 0.2) is 42.5 Å². The van der Waals surface area contributed by atoms with Gasteiger partial charge in [0.2, 0.25) is 22.7 Å². The molecule has 1 heterocycles. The van der Waals surface area contributed by atoms with Crippen molar-refractivity contribution in [2.75, 3.05) is 29.2 Å². The number of benzene rings is 2. The SMILES string of the molecule is CS(=O)(=O)N(CCCC(=O)Nc1ccc2c(c1)OCO2)c1cccc([N+](=O)[O-])c1. The maximum Gasteiger partial charge on any atom is 0.271 e. The molecule has 0 fully saturated rings. The average molecular weight is 421 g/mol. The van der Waals surface area contributed by atoms with Crippen LogP contribution in [0.25, 0.3) is 0 Å². The molecule has 0 atom stereocenters. The molecule has 0 bridgehead atoms. The Morgan fingerprint density at radius 3 is 2.69 bits per heavy atom. The van der Waals surface area contributed by atoms with Crippen molar-refractivity contribution in [3.8, 4) is 11.5 Å². The van der Waals surface area contributed by atoms with Gasteiger partial charge in [-0.3, -0.25) is 19.2 Å². The molecular formula is C18H19N3O7S. The van der Waals surface area contributed by atoms with Crippen LogP contribution in [0.1, 0.15) is 12.8 Å². The molecule has 0 saturated heterocycles. The molecule has 0 unspecified atom stereocenters. The van der Waals surface area contributed by atoms with Gasteiger partial charge in [-0.05, 0) is 24.6 Å². The number of hydrogen-bond acceptors (Lipinski definition) is 7. The molecule has 1 aliphatic heterocycles. The van der Waals surface area contributed by atoms with Crippen molar-refractivity contribution >= 4 is 33.0 Å². The van der Waals surface area contributed by atoms with Crippen molar-refractivity contribution in [2.45, 2.75) is 12.8 Å². The predicted molar refractivity (Wildman–Crippen MR) is 106 cm³/mol. The molecule has 1 N–H and O–H groups in total. The van der Waals surface area contributed by atoms with Crippen molar-refractivity contribution in [2.24, 2.45) is 0 Å². The lowest BCUT2D eigenvalue weighted by Crippen LogP contribution is -2.31. The fraction of sp³-hybridized carbons (Fsp3) is 0.278. The summed E-state index contributed by atoms with van der Waals surface area (Å²) in [4.78, 5) is 22.5. The number of carbonyl (C=O) groups is 1. The monoisotopic (exact) mass is 421 g/mol. The van der Waals surface area contributed by atoms with Gasteiger partial charge in [0.1, 0.15) is 0 Å². The van der Waals surface area contributed by atoms with E-state index in [1.165, 1.54) is 24.3 Å². The van der Waals surface area contributed by atoms with Crippen molar-refractivity contribution in [3.05, 3.63) is 52.6 Å². The van der Waals surface area contributed by atoms with Crippen LogP contribution in [0.4, 0.5) is 17.1 Å². The molecule has 10 nitrogen and oxygen atoms in total. The Hall–Kier alpha value is -3.34. The standard InChI is InChI=1S/C18H19N3O7S/c1-29(25,26)20(14-4-2-5-15(11-14)21(23)24)9-3-6-18(22)19-13-7-8-16-17(10-13)28-12-27-16/h2,4-5,7-8,10-11H,3,6,9,12H2,1H3,(H,19,22). The Kier molecular flexibility index (Phi) is 5.87. The molecule has 3 rings (SSSR count). The second-order valence-electron chi connectivity index (χ2n) is 6.33. The third-order valence-corrected chi connectivity index (χ3v) is 5.34. The number of nitro benzene ring substituents is 1. The molecule has 2 aromatic rings. The number of amides is 1. The van der Waals surface area contributed by atoms with E-state index in [1.807, 2.05) is 0 Å². The van der Waals surface area contributed by atoms with E-state index in [0.717, 1.165) is 10.6 Å². The van der Waals surface area contributed by atoms with Gasteiger partial charge in [0, 0.05) is 36.9 Å². The lowest BCUT2D eigenvalue weighted by molar-refractivity contribution is -0.384. The molecule has 2 aromatic carbocycles. The number of ether oxygens (including phenoxy) is 2. The molecule has 11 heteroatoms. The zero-order chi connectivity index (χ0) is 21.0. The van der Waals surface area contributed by atoms with Crippen molar-refractivity contribution < 1.29 is 27.6 Å². The second kappa shape index (κ2) is 8.35. The largest absolute Gasteiger partial charge is 0.454 e. The number of sulfonamides is 1. The molecule has 0 aromatic heterocycles. The zero-order valence-corrected chi connectivity index (χ0v) is 16.3. The number of nitrogens with one attached hydrogen (secondary N) is 1. The Bertz CT molecular complexity index is 1040. The third-order valence-electron chi connectivity index (χ3n) is 4.15. The number of fused-ring (bicyclic) bond motifs is 1. The molecule has 0 aliphatic carbocycles. The number of carbonyl (C=O) groups excluding carboxylic acids is 1. The van der Waals surface area contributed by atoms with E-state index >= 15 is 0 Å². The lowest BCUT2D eigenvalue weighted by atomic mass is 10.2. The van der Waals surface area contributed by atoms with Crippen molar-refractivity contribution in [1.82, 2.24) is 0 Å². The topological polar surface area (TPSA) is 128 Å². The summed E-state index contributed by atoms with van der Waals surface area (Å²) in [5.74, 6) is 0.844. The van der Waals surface area contributed by atoms with E-state index in [0.29, 0.717) is 17.2 Å². The summed E-state index contributed by atoms with van der Waals surface area (Å²) in [5.41, 5.74) is 0.507. The van der Waals surface area contributed by atoms with Gasteiger partial charge in [0.15, 0.2) is 11.5 Å². The number of anilines is 2. The molecular weight excluding hydrogens is 402 g/mol. The van der Waals surface area contributed by atoms with Crippen LogP contribution in [-0.4, -0.2) is 38.8 Å². The summed E-state index contributed by atoms with van der Waals surface area (Å²) in [5, 5.41) is 13.7. The van der Waals surface area contributed by atoms with Gasteiger partial charge in [0.05, 0.1) is 16.9 Å². The van der Waals surface area contributed by atoms with E-state index in [4.69, 9.17) is 9.47 Å². The van der Waals surface area contributed by atoms with Crippen molar-refractivity contribution in [1.29, 1.82) is 0 Å². The lowest BCUT2D eigenvalue weighted by Gasteiger charge is -2.22. The van der Waals surface area contributed by atoms with Gasteiger partial charge in [-0.15, -0.1) is 0 Å². The third kappa shape index (κ3) is 5.13. The maximum absolute atomic E-state index is 12.2. The number of nitrogens with zero attached hydrogens (tertiary/aromatic N) is 2. The highest BCUT2D eigenvalue weighted by atomic mass is 32.2. The van der Waals surface area contributed by atoms with E-state index < -0.39 is 14.9 Å². The van der Waals surface area contributed by atoms with Crippen molar-refractivity contribution in [3.63, 3.8) is 0 Å². The van der Waals surface area contributed by atoms with Crippen LogP contribution in [0.3, 0.4) is 0 Å². The number of nitro groups is 1. The van der Waals surface area contributed by atoms with Gasteiger partial charge in [0.25, 0.3) is 5.69 Å². The number of hydrogen-bond donors (Lipinski definition) is 1. The molecule has 0 spiro atoms. The number of rotatable bonds is 8. The molecule has 0 saturated carbocycles. The minimum atomic E-state index is -3.68. The highest BCUT2D eigenvalue weighted by molar-refractivity contribution is 7.92. The van der Waals surface area contributed by atoms with E-state index in [1.54, 1.807) is 18.2 Å². The molecule has 1 aliphatic rings. The van der Waals surface area contributed by atoms with Crippen LogP contribution < -0.4 is 19.1 Å². The molecule has 29 heavy (non-hydrogen) atoms. The average Bonchev–Trinajstić information content (AvgIpc) is 3.12. The highest BCUT2D eigenvalue weighted by Gasteiger charge is 2.20. The van der Waals surface area contributed by atoms with Crippen LogP contribution in [0.5, 0.6) is 11.5 Å². The smallest absolute Gasteiger partial charge is 0.271 e. The Morgan fingerprint density at radius 2 is 1.97 bits per heavy atom. The zero-order valence-electron chi connectivity index (χ0n) is 15.5. The van der Waals surface area contributed by atoms with Crippen LogP contribution in [0.2, 0.25) is 0 Å². The second-order valence-corrected chi connectivity index (χ2v) is 8.24. The van der Waals surface area contributed by atoms with Gasteiger partial charge >= 0.3 is 0 Å². The summed E-state index contributed by atoms with van der Waals surface area (Å²) >= 11 is 0. The fourth-order valence-corrected chi connectivity index (χ4v) is 3.79. The Balaban J connectivity index is 1.61. The first kappa shape index (κ1) is 20.4. The quantitative estimate of drug-likeness (QED) is 0.512. The summed E-state index contributed by atoms with van der Waals surface area (Å²) in [7, 11) is -3.68. The minimum absolute atomic E-state index is 0.00849. The van der Waals surface area contributed by atoms with E-state index in [2.05, 4.69) is 5.32 Å². The van der Waals surface area contributed by atoms with Crippen LogP contribution in [0, 0.1) is 10.1 Å². The van der Waals surface area contributed by atoms with Crippen LogP contribution >= 0.6 is 0 Å². The Labute approximate surface area is 167 Å². The summed E-state index contributed by atoms with van der Waals surface area (Å²) in [6, 6.07) is 10.4. The van der Waals surface area contributed by atoms with Gasteiger partial charge in [-0.2, -0.15) is 0 Å². The predicted octanol–water partition coefficient (Wildman–Crippen LogP) is 2.51. The Morgan fingerprint density at radius 1 is 1.21 bits per heavy atom. The first-order chi connectivity index (χ1) is 13.7. The van der Waals surface area contributed by atoms with E-state index in [-0.39, 0.29) is 43.5 Å². The normalized spacial score (nSPS) is 12.4. The summed E-state index contributed by atoms with van der Waals surface area (Å²) in [6.07, 6.45) is 1.31. The minimum Gasteiger partial charge on any atom is -0.454 e. The number of non-ortho nitro benzene ring substituents is 1. The molecule has 0 radical (unpaired) electrons. The fourth-order valence-electron chi connectivity index (χ4n) is 2.83. The van der Waals surface area contributed by atoms with Gasteiger partial charge < -0.3 is 14.8 Å². The summed E-state index contributed by atoms with van der Waals surface area (Å²) < 4.78 is 35.7. The van der Waals surface area contributed by atoms with E-state index in [9.17, 15) is 23.3 Å². The van der Waals surface area contributed by atoms with Crippen LogP contribution in [-0.2, 0) is 14.8 Å². The summed E-state index contributed by atoms with van der Waals surface area (Å²) in [6.45, 7) is 0.139.